The van der Waals surface area contributed by atoms with E-state index in [1.54, 1.807) is 0 Å². The van der Waals surface area contributed by atoms with Crippen LogP contribution in [0.4, 0.5) is 6.01 Å². The van der Waals surface area contributed by atoms with Gasteiger partial charge in [-0.05, 0) is 54.8 Å². The number of benzene rings is 2. The van der Waals surface area contributed by atoms with Gasteiger partial charge in [-0.25, -0.2) is 8.42 Å². The van der Waals surface area contributed by atoms with Crippen molar-refractivity contribution in [2.24, 2.45) is 0 Å². The van der Waals surface area contributed by atoms with Crippen LogP contribution in [-0.2, 0) is 16.4 Å². The first kappa shape index (κ1) is 24.7. The number of anilines is 1. The second kappa shape index (κ2) is 10.9. The van der Waals surface area contributed by atoms with Gasteiger partial charge in [0.2, 0.25) is 15.9 Å². The van der Waals surface area contributed by atoms with Crippen LogP contribution in [0.1, 0.15) is 48.5 Å². The van der Waals surface area contributed by atoms with E-state index in [-0.39, 0.29) is 16.5 Å². The van der Waals surface area contributed by atoms with Crippen LogP contribution in [0.5, 0.6) is 11.5 Å². The van der Waals surface area contributed by atoms with E-state index < -0.39 is 15.9 Å². The summed E-state index contributed by atoms with van der Waals surface area (Å²) in [5, 5.41) is 10.4. The van der Waals surface area contributed by atoms with Crippen molar-refractivity contribution in [1.82, 2.24) is 14.5 Å². The number of nitrogens with one attached hydrogen (secondary N) is 1. The van der Waals surface area contributed by atoms with Gasteiger partial charge in [-0.15, -0.1) is 5.10 Å². The Balaban J connectivity index is 1.40. The predicted molar refractivity (Wildman–Crippen MR) is 128 cm³/mol. The zero-order valence-corrected chi connectivity index (χ0v) is 20.5. The molecular weight excluding hydrogens is 472 g/mol. The monoisotopic (exact) mass is 500 g/mol. The number of hydrogen-bond acceptors (Lipinski definition) is 8. The largest absolute Gasteiger partial charge is 0.486 e. The molecule has 186 valence electrons. The highest BCUT2D eigenvalue weighted by molar-refractivity contribution is 7.89. The molecule has 35 heavy (non-hydrogen) atoms. The number of rotatable bonds is 10. The molecule has 0 atom stereocenters. The first-order valence-electron chi connectivity index (χ1n) is 11.5. The smallest absolute Gasteiger partial charge is 0.322 e. The SMILES string of the molecule is CCCN(CCC)S(=O)(=O)c1ccc(C(=O)Nc2nnc(Cc3ccc4c(c3)OCCO4)o2)cc1. The molecule has 0 saturated carbocycles. The third-order valence-corrected chi connectivity index (χ3v) is 7.26. The van der Waals surface area contributed by atoms with Crippen LogP contribution in [0.2, 0.25) is 0 Å². The molecule has 0 aliphatic carbocycles. The average Bonchev–Trinajstić information content (AvgIpc) is 3.30. The first-order valence-corrected chi connectivity index (χ1v) is 13.0. The van der Waals surface area contributed by atoms with Gasteiger partial charge in [0.05, 0.1) is 11.3 Å². The van der Waals surface area contributed by atoms with E-state index in [1.165, 1.54) is 28.6 Å². The Morgan fingerprint density at radius 3 is 2.34 bits per heavy atom. The number of hydrogen-bond donors (Lipinski definition) is 1. The number of ether oxygens (including phenoxy) is 2. The fourth-order valence-corrected chi connectivity index (χ4v) is 5.32. The van der Waals surface area contributed by atoms with E-state index in [4.69, 9.17) is 13.9 Å². The van der Waals surface area contributed by atoms with Gasteiger partial charge in [0.25, 0.3) is 5.91 Å². The number of fused-ring (bicyclic) bond motifs is 1. The lowest BCUT2D eigenvalue weighted by molar-refractivity contribution is 0.102. The molecule has 4 rings (SSSR count). The second-order valence-electron chi connectivity index (χ2n) is 8.04. The Bertz CT molecular complexity index is 1270. The van der Waals surface area contributed by atoms with Crippen LogP contribution < -0.4 is 14.8 Å². The van der Waals surface area contributed by atoms with Crippen molar-refractivity contribution in [3.8, 4) is 11.5 Å². The van der Waals surface area contributed by atoms with Crippen LogP contribution in [0.3, 0.4) is 0 Å². The van der Waals surface area contributed by atoms with Gasteiger partial charge in [0, 0.05) is 18.7 Å². The van der Waals surface area contributed by atoms with E-state index in [0.717, 1.165) is 18.4 Å². The third kappa shape index (κ3) is 5.80. The van der Waals surface area contributed by atoms with Gasteiger partial charge < -0.3 is 13.9 Å². The summed E-state index contributed by atoms with van der Waals surface area (Å²) in [4.78, 5) is 12.8. The molecular formula is C24H28N4O6S. The number of aromatic nitrogens is 2. The number of carbonyl (C=O) groups is 1. The van der Waals surface area contributed by atoms with Crippen molar-refractivity contribution in [2.75, 3.05) is 31.6 Å². The molecule has 3 aromatic rings. The van der Waals surface area contributed by atoms with Gasteiger partial charge >= 0.3 is 6.01 Å². The van der Waals surface area contributed by atoms with Gasteiger partial charge in [0.1, 0.15) is 13.2 Å². The molecule has 11 heteroatoms. The molecule has 1 aliphatic heterocycles. The summed E-state index contributed by atoms with van der Waals surface area (Å²) in [6, 6.07) is 11.3. The summed E-state index contributed by atoms with van der Waals surface area (Å²) in [5.74, 6) is 1.20. The van der Waals surface area contributed by atoms with Gasteiger partial charge in [-0.3, -0.25) is 10.1 Å². The molecule has 0 spiro atoms. The van der Waals surface area contributed by atoms with Gasteiger partial charge in [0.15, 0.2) is 11.5 Å². The van der Waals surface area contributed by atoms with Crippen LogP contribution in [0.25, 0.3) is 0 Å². The minimum atomic E-state index is -3.62. The summed E-state index contributed by atoms with van der Waals surface area (Å²) >= 11 is 0. The predicted octanol–water partition coefficient (Wildman–Crippen LogP) is 3.49. The molecule has 0 bridgehead atoms. The zero-order valence-electron chi connectivity index (χ0n) is 19.7. The maximum atomic E-state index is 12.9. The van der Waals surface area contributed by atoms with Crippen molar-refractivity contribution < 1.29 is 27.1 Å². The lowest BCUT2D eigenvalue weighted by Crippen LogP contribution is -2.32. The summed E-state index contributed by atoms with van der Waals surface area (Å²) in [7, 11) is -3.62. The topological polar surface area (TPSA) is 124 Å². The number of nitrogens with zero attached hydrogens (tertiary/aromatic N) is 3. The summed E-state index contributed by atoms with van der Waals surface area (Å²) in [5.41, 5.74) is 1.17. The maximum Gasteiger partial charge on any atom is 0.322 e. The molecule has 0 saturated heterocycles. The molecule has 0 fully saturated rings. The molecule has 1 amide bonds. The van der Waals surface area contributed by atoms with E-state index >= 15 is 0 Å². The quantitative estimate of drug-likeness (QED) is 0.449. The molecule has 1 N–H and O–H groups in total. The lowest BCUT2D eigenvalue weighted by Gasteiger charge is -2.21. The highest BCUT2D eigenvalue weighted by Crippen LogP contribution is 2.31. The van der Waals surface area contributed by atoms with Gasteiger partial charge in [-0.1, -0.05) is 25.0 Å². The Kier molecular flexibility index (Phi) is 7.67. The fraction of sp³-hybridized carbons (Fsp3) is 0.375. The average molecular weight is 501 g/mol. The van der Waals surface area contributed by atoms with E-state index in [9.17, 15) is 13.2 Å². The number of carbonyl (C=O) groups excluding carboxylic acids is 1. The minimum absolute atomic E-state index is 0.0451. The highest BCUT2D eigenvalue weighted by atomic mass is 32.2. The van der Waals surface area contributed by atoms with Crippen LogP contribution >= 0.6 is 0 Å². The Morgan fingerprint density at radius 2 is 1.66 bits per heavy atom. The molecule has 1 aliphatic rings. The maximum absolute atomic E-state index is 12.9. The van der Waals surface area contributed by atoms with Crippen molar-refractivity contribution in [2.45, 2.75) is 38.0 Å². The van der Waals surface area contributed by atoms with Crippen molar-refractivity contribution >= 4 is 21.9 Å². The standard InChI is InChI=1S/C24H28N4O6S/c1-3-11-28(12-4-2)35(30,31)19-8-6-18(7-9-19)23(29)25-24-27-26-22(34-24)16-17-5-10-20-21(15-17)33-14-13-32-20/h5-10,15H,3-4,11-14,16H2,1-2H3,(H,25,27,29). The Labute approximate surface area is 204 Å². The fourth-order valence-electron chi connectivity index (χ4n) is 3.70. The van der Waals surface area contributed by atoms with Crippen molar-refractivity contribution in [3.63, 3.8) is 0 Å². The lowest BCUT2D eigenvalue weighted by atomic mass is 10.1. The summed E-state index contributed by atoms with van der Waals surface area (Å²) in [6.07, 6.45) is 1.80. The molecule has 0 radical (unpaired) electrons. The number of amides is 1. The van der Waals surface area contributed by atoms with Crippen molar-refractivity contribution in [1.29, 1.82) is 0 Å². The third-order valence-electron chi connectivity index (χ3n) is 5.35. The van der Waals surface area contributed by atoms with Crippen LogP contribution in [-0.4, -0.2) is 55.1 Å². The summed E-state index contributed by atoms with van der Waals surface area (Å²) < 4.78 is 43.9. The Morgan fingerprint density at radius 1 is 0.971 bits per heavy atom. The molecule has 1 aromatic heterocycles. The van der Waals surface area contributed by atoms with Crippen LogP contribution in [0, 0.1) is 0 Å². The normalized spacial score (nSPS) is 13.1. The molecule has 0 unspecified atom stereocenters. The van der Waals surface area contributed by atoms with E-state index in [0.29, 0.717) is 50.1 Å². The minimum Gasteiger partial charge on any atom is -0.486 e. The molecule has 2 heterocycles. The molecule has 2 aromatic carbocycles. The zero-order chi connectivity index (χ0) is 24.8. The second-order valence-corrected chi connectivity index (χ2v) is 9.98. The summed E-state index contributed by atoms with van der Waals surface area (Å²) in [6.45, 7) is 5.79. The van der Waals surface area contributed by atoms with Gasteiger partial charge in [-0.2, -0.15) is 4.31 Å². The van der Waals surface area contributed by atoms with E-state index in [2.05, 4.69) is 15.5 Å². The van der Waals surface area contributed by atoms with Crippen LogP contribution in [0.15, 0.2) is 51.8 Å². The first-order chi connectivity index (χ1) is 16.9. The number of sulfonamides is 1. The van der Waals surface area contributed by atoms with Crippen molar-refractivity contribution in [3.05, 3.63) is 59.5 Å². The Hall–Kier alpha value is -3.44. The molecule has 10 nitrogen and oxygen atoms in total. The van der Waals surface area contributed by atoms with E-state index in [1.807, 2.05) is 32.0 Å². The highest BCUT2D eigenvalue weighted by Gasteiger charge is 2.23.